The summed E-state index contributed by atoms with van der Waals surface area (Å²) < 4.78 is 32.2. The number of carbonyl (C=O) groups excluding carboxylic acids is 2. The third kappa shape index (κ3) is 4.27. The van der Waals surface area contributed by atoms with Gasteiger partial charge in [-0.2, -0.15) is 0 Å². The molecule has 1 aliphatic heterocycles. The SMILES string of the molecule is COC(C)c1ccc(C2=NC3(CCCC3)N(CC(=O)Nc3cc(F)cc(F)c3)C2=O)cc1. The van der Waals surface area contributed by atoms with Crippen molar-refractivity contribution >= 4 is 23.2 Å². The Balaban J connectivity index is 1.55. The second-order valence-electron chi connectivity index (χ2n) is 8.25. The number of ether oxygens (including phenoxy) is 1. The number of methoxy groups -OCH3 is 1. The molecule has 2 amide bonds. The Bertz CT molecular complexity index is 1040. The molecule has 4 rings (SSSR count). The minimum atomic E-state index is -0.790. The summed E-state index contributed by atoms with van der Waals surface area (Å²) in [5.41, 5.74) is 1.24. The Labute approximate surface area is 185 Å². The number of nitrogens with one attached hydrogen (secondary N) is 1. The lowest BCUT2D eigenvalue weighted by molar-refractivity contribution is -0.132. The lowest BCUT2D eigenvalue weighted by Crippen LogP contribution is -2.48. The monoisotopic (exact) mass is 441 g/mol. The van der Waals surface area contributed by atoms with Gasteiger partial charge in [-0.05, 0) is 50.3 Å². The smallest absolute Gasteiger partial charge is 0.275 e. The van der Waals surface area contributed by atoms with Gasteiger partial charge in [0.25, 0.3) is 5.91 Å². The van der Waals surface area contributed by atoms with Crippen molar-refractivity contribution in [2.24, 2.45) is 4.99 Å². The van der Waals surface area contributed by atoms with Crippen LogP contribution < -0.4 is 5.32 Å². The highest BCUT2D eigenvalue weighted by atomic mass is 19.1. The van der Waals surface area contributed by atoms with Gasteiger partial charge in [0.15, 0.2) is 0 Å². The topological polar surface area (TPSA) is 71.0 Å². The molecule has 1 unspecified atom stereocenters. The largest absolute Gasteiger partial charge is 0.377 e. The molecule has 32 heavy (non-hydrogen) atoms. The number of anilines is 1. The molecule has 1 spiro atoms. The van der Waals surface area contributed by atoms with Crippen LogP contribution in [0.3, 0.4) is 0 Å². The fourth-order valence-corrected chi connectivity index (χ4v) is 4.38. The van der Waals surface area contributed by atoms with Crippen LogP contribution in [0.15, 0.2) is 47.5 Å². The number of nitrogens with zero attached hydrogens (tertiary/aromatic N) is 2. The fraction of sp³-hybridized carbons (Fsp3) is 0.375. The molecule has 2 aromatic rings. The van der Waals surface area contributed by atoms with Gasteiger partial charge in [0.1, 0.15) is 29.6 Å². The molecule has 1 N–H and O–H groups in total. The molecule has 6 nitrogen and oxygen atoms in total. The van der Waals surface area contributed by atoms with Crippen LogP contribution in [0.5, 0.6) is 0 Å². The van der Waals surface area contributed by atoms with Gasteiger partial charge in [-0.3, -0.25) is 14.6 Å². The summed E-state index contributed by atoms with van der Waals surface area (Å²) in [7, 11) is 1.63. The van der Waals surface area contributed by atoms with Crippen molar-refractivity contribution in [3.05, 3.63) is 65.2 Å². The van der Waals surface area contributed by atoms with Crippen LogP contribution in [0, 0.1) is 11.6 Å². The first-order chi connectivity index (χ1) is 15.3. The van der Waals surface area contributed by atoms with E-state index in [1.54, 1.807) is 7.11 Å². The summed E-state index contributed by atoms with van der Waals surface area (Å²) in [6.45, 7) is 1.69. The Kier molecular flexibility index (Phi) is 6.06. The number of aliphatic imine (C=N–C) groups is 1. The van der Waals surface area contributed by atoms with Crippen LogP contribution >= 0.6 is 0 Å². The zero-order chi connectivity index (χ0) is 22.9. The number of carbonyl (C=O) groups is 2. The molecular formula is C24H25F2N3O3. The van der Waals surface area contributed by atoms with Crippen LogP contribution in [0.4, 0.5) is 14.5 Å². The first kappa shape index (κ1) is 22.1. The molecule has 1 fully saturated rings. The maximum absolute atomic E-state index is 13.4. The molecule has 168 valence electrons. The van der Waals surface area contributed by atoms with E-state index in [1.807, 2.05) is 31.2 Å². The van der Waals surface area contributed by atoms with Crippen molar-refractivity contribution in [2.45, 2.75) is 44.4 Å². The van der Waals surface area contributed by atoms with Gasteiger partial charge < -0.3 is 15.0 Å². The number of benzene rings is 2. The van der Waals surface area contributed by atoms with E-state index < -0.39 is 23.2 Å². The maximum atomic E-state index is 13.4. The van der Waals surface area contributed by atoms with Gasteiger partial charge in [-0.25, -0.2) is 8.78 Å². The third-order valence-electron chi connectivity index (χ3n) is 6.13. The van der Waals surface area contributed by atoms with E-state index in [0.29, 0.717) is 24.1 Å². The summed E-state index contributed by atoms with van der Waals surface area (Å²) in [6.07, 6.45) is 3.08. The molecule has 8 heteroatoms. The Morgan fingerprint density at radius 1 is 1.16 bits per heavy atom. The number of hydrogen-bond acceptors (Lipinski definition) is 4. The van der Waals surface area contributed by atoms with Crippen molar-refractivity contribution in [3.63, 3.8) is 0 Å². The molecule has 0 radical (unpaired) electrons. The number of rotatable bonds is 6. The van der Waals surface area contributed by atoms with Crippen LogP contribution in [0.2, 0.25) is 0 Å². The minimum Gasteiger partial charge on any atom is -0.377 e. The predicted molar refractivity (Wildman–Crippen MR) is 116 cm³/mol. The zero-order valence-corrected chi connectivity index (χ0v) is 18.0. The summed E-state index contributed by atoms with van der Waals surface area (Å²) in [5.74, 6) is -2.43. The molecule has 0 saturated heterocycles. The molecule has 2 aliphatic rings. The normalized spacial score (nSPS) is 18.2. The lowest BCUT2D eigenvalue weighted by atomic mass is 10.0. The number of hydrogen-bond donors (Lipinski definition) is 1. The zero-order valence-electron chi connectivity index (χ0n) is 18.0. The van der Waals surface area contributed by atoms with Gasteiger partial charge in [0, 0.05) is 24.4 Å². The molecule has 1 heterocycles. The Morgan fingerprint density at radius 3 is 2.38 bits per heavy atom. The fourth-order valence-electron chi connectivity index (χ4n) is 4.38. The van der Waals surface area contributed by atoms with E-state index in [4.69, 9.17) is 9.73 Å². The van der Waals surface area contributed by atoms with Crippen LogP contribution in [0.1, 0.15) is 49.8 Å². The summed E-state index contributed by atoms with van der Waals surface area (Å²) in [6, 6.07) is 10.3. The summed E-state index contributed by atoms with van der Waals surface area (Å²) in [4.78, 5) is 32.3. The highest BCUT2D eigenvalue weighted by Crippen LogP contribution is 2.41. The van der Waals surface area contributed by atoms with Crippen LogP contribution in [0.25, 0.3) is 0 Å². The predicted octanol–water partition coefficient (Wildman–Crippen LogP) is 4.21. The molecular weight excluding hydrogens is 416 g/mol. The van der Waals surface area contributed by atoms with Crippen molar-refractivity contribution in [1.29, 1.82) is 0 Å². The van der Waals surface area contributed by atoms with Crippen LogP contribution in [-0.4, -0.2) is 41.7 Å². The van der Waals surface area contributed by atoms with E-state index in [2.05, 4.69) is 5.32 Å². The molecule has 1 saturated carbocycles. The second kappa shape index (κ2) is 8.78. The average Bonchev–Trinajstić information content (AvgIpc) is 3.33. The van der Waals surface area contributed by atoms with Gasteiger partial charge >= 0.3 is 0 Å². The minimum absolute atomic E-state index is 0.00334. The molecule has 2 aromatic carbocycles. The average molecular weight is 441 g/mol. The molecule has 0 bridgehead atoms. The van der Waals surface area contributed by atoms with E-state index >= 15 is 0 Å². The quantitative estimate of drug-likeness (QED) is 0.730. The van der Waals surface area contributed by atoms with Crippen LogP contribution in [-0.2, 0) is 14.3 Å². The Morgan fingerprint density at radius 2 is 1.78 bits per heavy atom. The van der Waals surface area contributed by atoms with Gasteiger partial charge in [-0.15, -0.1) is 0 Å². The van der Waals surface area contributed by atoms with E-state index in [-0.39, 0.29) is 24.2 Å². The molecule has 1 atom stereocenters. The van der Waals surface area contributed by atoms with E-state index in [9.17, 15) is 18.4 Å². The van der Waals surface area contributed by atoms with E-state index in [1.165, 1.54) is 4.90 Å². The van der Waals surface area contributed by atoms with Crippen molar-refractivity contribution < 1.29 is 23.1 Å². The molecule has 0 aromatic heterocycles. The number of halogens is 2. The standard InChI is InChI=1S/C24H25F2N3O3/c1-15(32-2)16-5-7-17(8-6-16)22-23(31)29(24(28-22)9-3-4-10-24)14-21(30)27-20-12-18(25)11-19(26)13-20/h5-8,11-13,15H,3-4,9-10,14H2,1-2H3,(H,27,30). The van der Waals surface area contributed by atoms with Crippen molar-refractivity contribution in [3.8, 4) is 0 Å². The van der Waals surface area contributed by atoms with Gasteiger partial charge in [-0.1, -0.05) is 24.3 Å². The third-order valence-corrected chi connectivity index (χ3v) is 6.13. The van der Waals surface area contributed by atoms with Gasteiger partial charge in [0.05, 0.1) is 6.10 Å². The first-order valence-corrected chi connectivity index (χ1v) is 10.6. The lowest BCUT2D eigenvalue weighted by Gasteiger charge is -2.32. The summed E-state index contributed by atoms with van der Waals surface area (Å²) >= 11 is 0. The highest BCUT2D eigenvalue weighted by Gasteiger charge is 2.49. The van der Waals surface area contributed by atoms with Gasteiger partial charge in [0.2, 0.25) is 5.91 Å². The van der Waals surface area contributed by atoms with E-state index in [0.717, 1.165) is 36.6 Å². The summed E-state index contributed by atoms with van der Waals surface area (Å²) in [5, 5.41) is 2.48. The number of amides is 2. The second-order valence-corrected chi connectivity index (χ2v) is 8.25. The maximum Gasteiger partial charge on any atom is 0.275 e. The molecule has 1 aliphatic carbocycles. The highest BCUT2D eigenvalue weighted by molar-refractivity contribution is 6.47. The Hall–Kier alpha value is -3.13. The first-order valence-electron chi connectivity index (χ1n) is 10.6. The van der Waals surface area contributed by atoms with Crippen molar-refractivity contribution in [2.75, 3.05) is 19.0 Å². The van der Waals surface area contributed by atoms with Crippen molar-refractivity contribution in [1.82, 2.24) is 4.90 Å².